The summed E-state index contributed by atoms with van der Waals surface area (Å²) in [7, 11) is 2.06. The number of aliphatic hydroxyl groups is 1. The lowest BCUT2D eigenvalue weighted by molar-refractivity contribution is 0.0821. The summed E-state index contributed by atoms with van der Waals surface area (Å²) < 4.78 is 28.0. The van der Waals surface area contributed by atoms with E-state index in [1.165, 1.54) is 12.1 Å². The summed E-state index contributed by atoms with van der Waals surface area (Å²) in [6.45, 7) is 5.95. The zero-order valence-electron chi connectivity index (χ0n) is 25.1. The van der Waals surface area contributed by atoms with Crippen molar-refractivity contribution in [2.24, 2.45) is 0 Å². The third-order valence-corrected chi connectivity index (χ3v) is 7.89. The van der Waals surface area contributed by atoms with Crippen LogP contribution < -0.4 is 10.6 Å². The van der Waals surface area contributed by atoms with Gasteiger partial charge in [0.25, 0.3) is 5.91 Å². The smallest absolute Gasteiger partial charge is 0.251 e. The minimum Gasteiger partial charge on any atom is -0.390 e. The number of halogens is 3. The van der Waals surface area contributed by atoms with Crippen molar-refractivity contribution in [2.45, 2.75) is 70.2 Å². The molecule has 3 N–H and O–H groups in total. The predicted octanol–water partition coefficient (Wildman–Crippen LogP) is 5.89. The van der Waals surface area contributed by atoms with Crippen LogP contribution in [0.1, 0.15) is 70.8 Å². The van der Waals surface area contributed by atoms with Gasteiger partial charge in [0.15, 0.2) is 0 Å². The maximum Gasteiger partial charge on any atom is 0.251 e. The van der Waals surface area contributed by atoms with Gasteiger partial charge in [-0.15, -0.1) is 18.8 Å². The van der Waals surface area contributed by atoms with Crippen molar-refractivity contribution < 1.29 is 18.7 Å². The molecule has 1 amide bonds. The number of rotatable bonds is 14. The van der Waals surface area contributed by atoms with Crippen LogP contribution in [0.3, 0.4) is 0 Å². The number of hydrogen-bond donors (Lipinski definition) is 3. The van der Waals surface area contributed by atoms with Crippen LogP contribution in [0.2, 0.25) is 0 Å². The summed E-state index contributed by atoms with van der Waals surface area (Å²) in [6.07, 6.45) is 8.60. The Bertz CT molecular complexity index is 1420. The molecule has 0 unspecified atom stereocenters. The van der Waals surface area contributed by atoms with Crippen LogP contribution in [-0.4, -0.2) is 48.2 Å². The fourth-order valence-corrected chi connectivity index (χ4v) is 5.46. The normalized spacial score (nSPS) is 14.8. The van der Waals surface area contributed by atoms with Crippen molar-refractivity contribution in [3.05, 3.63) is 106 Å². The number of aryl methyl sites for hydroxylation is 1. The molecule has 4 rings (SSSR count). The van der Waals surface area contributed by atoms with Crippen LogP contribution in [0.25, 0.3) is 0 Å². The zero-order valence-corrected chi connectivity index (χ0v) is 25.9. The molecule has 230 valence electrons. The number of hydrogen-bond acceptors (Lipinski definition) is 4. The highest BCUT2D eigenvalue weighted by atomic mass is 35.5. The standard InChI is InChI=1S/C35H41F2N3O2.ClH/c1-5-7-13-40(4)23-27-14-24(3)15-28(16-27)34(42)39-32(20-26-18-30(36)21-31(37)19-26)33(41)22-38-35(11-12-35)29-10-8-9-25(6-2)17-29;/h2,8-10,14-19,21,32-33,38,41H,5,7,11-13,20,22-23H2,1,3-4H3,(H,39,42);1H/t32-,33+;/m0./s1. The molecule has 0 radical (unpaired) electrons. The highest BCUT2D eigenvalue weighted by molar-refractivity contribution is 5.94. The van der Waals surface area contributed by atoms with Crippen LogP contribution in [0.4, 0.5) is 8.78 Å². The summed E-state index contributed by atoms with van der Waals surface area (Å²) in [6, 6.07) is 16.0. The molecule has 1 aliphatic carbocycles. The Morgan fingerprint density at radius 2 is 1.81 bits per heavy atom. The van der Waals surface area contributed by atoms with Crippen LogP contribution in [0.15, 0.2) is 60.7 Å². The van der Waals surface area contributed by atoms with Gasteiger partial charge in [0.05, 0.1) is 12.1 Å². The van der Waals surface area contributed by atoms with Gasteiger partial charge >= 0.3 is 0 Å². The first-order chi connectivity index (χ1) is 20.1. The molecule has 8 heteroatoms. The highest BCUT2D eigenvalue weighted by Crippen LogP contribution is 2.45. The SMILES string of the molecule is C#Cc1cccc(C2(NC[C@@H](O)[C@H](Cc3cc(F)cc(F)c3)NC(=O)c3cc(C)cc(CN(C)CCCC)c3)CC2)c1.Cl. The lowest BCUT2D eigenvalue weighted by Gasteiger charge is -2.27. The van der Waals surface area contributed by atoms with Crippen LogP contribution in [-0.2, 0) is 18.5 Å². The summed E-state index contributed by atoms with van der Waals surface area (Å²) in [5.74, 6) is 0.905. The Labute approximate surface area is 260 Å². The second kappa shape index (κ2) is 15.4. The van der Waals surface area contributed by atoms with Crippen molar-refractivity contribution in [3.8, 4) is 12.3 Å². The van der Waals surface area contributed by atoms with Gasteiger partial charge in [-0.2, -0.15) is 0 Å². The van der Waals surface area contributed by atoms with E-state index in [0.717, 1.165) is 60.5 Å². The number of unbranched alkanes of at least 4 members (excludes halogenated alkanes) is 1. The number of benzene rings is 3. The Balaban J connectivity index is 0.00000506. The van der Waals surface area contributed by atoms with Crippen molar-refractivity contribution in [2.75, 3.05) is 20.1 Å². The number of carbonyl (C=O) groups excluding carboxylic acids is 1. The van der Waals surface area contributed by atoms with E-state index in [1.54, 1.807) is 0 Å². The molecule has 5 nitrogen and oxygen atoms in total. The molecule has 0 aromatic heterocycles. The van der Waals surface area contributed by atoms with Gasteiger partial charge in [-0.3, -0.25) is 4.79 Å². The lowest BCUT2D eigenvalue weighted by atomic mass is 9.98. The number of nitrogens with zero attached hydrogens (tertiary/aromatic N) is 1. The van der Waals surface area contributed by atoms with Gasteiger partial charge < -0.3 is 20.6 Å². The van der Waals surface area contributed by atoms with Gasteiger partial charge in [-0.25, -0.2) is 8.78 Å². The van der Waals surface area contributed by atoms with E-state index in [-0.39, 0.29) is 36.8 Å². The quantitative estimate of drug-likeness (QED) is 0.200. The van der Waals surface area contributed by atoms with E-state index in [2.05, 4.69) is 41.5 Å². The highest BCUT2D eigenvalue weighted by Gasteiger charge is 2.44. The molecule has 43 heavy (non-hydrogen) atoms. The Hall–Kier alpha value is -3.28. The number of terminal acetylenes is 1. The Morgan fingerprint density at radius 3 is 2.47 bits per heavy atom. The molecule has 0 spiro atoms. The van der Waals surface area contributed by atoms with Crippen LogP contribution in [0.5, 0.6) is 0 Å². The molecule has 1 fully saturated rings. The molecule has 0 heterocycles. The fourth-order valence-electron chi connectivity index (χ4n) is 5.46. The average Bonchev–Trinajstić information content (AvgIpc) is 3.75. The van der Waals surface area contributed by atoms with Crippen LogP contribution in [0, 0.1) is 30.9 Å². The number of nitrogens with one attached hydrogen (secondary N) is 2. The van der Waals surface area contributed by atoms with Gasteiger partial charge in [0.1, 0.15) is 11.6 Å². The first kappa shape index (κ1) is 34.2. The Kier molecular flexibility index (Phi) is 12.3. The first-order valence-corrected chi connectivity index (χ1v) is 14.7. The van der Waals surface area contributed by atoms with Crippen LogP contribution >= 0.6 is 12.4 Å². The fraction of sp³-hybridized carbons (Fsp3) is 0.400. The average molecular weight is 610 g/mol. The summed E-state index contributed by atoms with van der Waals surface area (Å²) >= 11 is 0. The van der Waals surface area contributed by atoms with E-state index in [0.29, 0.717) is 17.7 Å². The van der Waals surface area contributed by atoms with Crippen molar-refractivity contribution in [1.29, 1.82) is 0 Å². The molecule has 0 saturated heterocycles. The Morgan fingerprint density at radius 1 is 1.09 bits per heavy atom. The minimum absolute atomic E-state index is 0. The number of aliphatic hydroxyl groups excluding tert-OH is 1. The summed E-state index contributed by atoms with van der Waals surface area (Å²) in [5.41, 5.74) is 4.34. The van der Waals surface area contributed by atoms with E-state index >= 15 is 0 Å². The molecule has 3 aromatic carbocycles. The van der Waals surface area contributed by atoms with Gasteiger partial charge in [0.2, 0.25) is 0 Å². The molecule has 1 aliphatic rings. The largest absolute Gasteiger partial charge is 0.390 e. The van der Waals surface area contributed by atoms with E-state index in [9.17, 15) is 18.7 Å². The molecule has 2 atom stereocenters. The van der Waals surface area contributed by atoms with Crippen molar-refractivity contribution in [3.63, 3.8) is 0 Å². The molecular formula is C35H42ClF2N3O2. The first-order valence-electron chi connectivity index (χ1n) is 14.7. The molecule has 1 saturated carbocycles. The van der Waals surface area contributed by atoms with Crippen molar-refractivity contribution in [1.82, 2.24) is 15.5 Å². The van der Waals surface area contributed by atoms with Gasteiger partial charge in [-0.05, 0) is 99.3 Å². The topological polar surface area (TPSA) is 64.6 Å². The second-order valence-corrected chi connectivity index (χ2v) is 11.6. The predicted molar refractivity (Wildman–Crippen MR) is 170 cm³/mol. The maximum absolute atomic E-state index is 14.0. The summed E-state index contributed by atoms with van der Waals surface area (Å²) in [5, 5.41) is 17.8. The van der Waals surface area contributed by atoms with E-state index in [1.807, 2.05) is 43.3 Å². The molecule has 0 aliphatic heterocycles. The zero-order chi connectivity index (χ0) is 30.3. The third kappa shape index (κ3) is 9.61. The third-order valence-electron chi connectivity index (χ3n) is 7.89. The van der Waals surface area contributed by atoms with Crippen molar-refractivity contribution >= 4 is 18.3 Å². The monoisotopic (exact) mass is 609 g/mol. The number of carbonyl (C=O) groups is 1. The molecule has 0 bridgehead atoms. The number of amides is 1. The maximum atomic E-state index is 14.0. The molecular weight excluding hydrogens is 568 g/mol. The lowest BCUT2D eigenvalue weighted by Crippen LogP contribution is -2.50. The van der Waals surface area contributed by atoms with E-state index in [4.69, 9.17) is 6.42 Å². The second-order valence-electron chi connectivity index (χ2n) is 11.6. The minimum atomic E-state index is -1.03. The molecule has 3 aromatic rings. The van der Waals surface area contributed by atoms with Gasteiger partial charge in [0, 0.05) is 35.8 Å². The van der Waals surface area contributed by atoms with E-state index < -0.39 is 23.8 Å². The summed E-state index contributed by atoms with van der Waals surface area (Å²) in [4.78, 5) is 15.8. The van der Waals surface area contributed by atoms with Gasteiger partial charge in [-0.1, -0.05) is 43.0 Å².